The Balaban J connectivity index is 2.52. The molecule has 1 aromatic rings. The van der Waals surface area contributed by atoms with Gasteiger partial charge < -0.3 is 14.8 Å². The van der Waals surface area contributed by atoms with Crippen molar-refractivity contribution in [3.8, 4) is 11.5 Å². The van der Waals surface area contributed by atoms with E-state index < -0.39 is 0 Å². The Morgan fingerprint density at radius 2 is 1.94 bits per heavy atom. The van der Waals surface area contributed by atoms with E-state index in [-0.39, 0.29) is 0 Å². The molecular weight excluding hydrogens is 250 g/mol. The lowest BCUT2D eigenvalue weighted by Gasteiger charge is -2.14. The number of methoxy groups -OCH3 is 2. The zero-order valence-electron chi connectivity index (χ0n) is 11.3. The minimum absolute atomic E-state index is 0.469. The summed E-state index contributed by atoms with van der Waals surface area (Å²) in [5.41, 5.74) is 1.19. The van der Waals surface area contributed by atoms with E-state index in [9.17, 15) is 0 Å². The van der Waals surface area contributed by atoms with Gasteiger partial charge in [-0.2, -0.15) is 0 Å². The topological polar surface area (TPSA) is 30.5 Å². The summed E-state index contributed by atoms with van der Waals surface area (Å²) in [7, 11) is 3.29. The summed E-state index contributed by atoms with van der Waals surface area (Å²) in [6, 6.07) is 6.44. The maximum absolute atomic E-state index is 5.68. The van der Waals surface area contributed by atoms with Gasteiger partial charge in [0.05, 0.1) is 14.2 Å². The van der Waals surface area contributed by atoms with Crippen molar-refractivity contribution in [2.75, 3.05) is 20.1 Å². The zero-order valence-corrected chi connectivity index (χ0v) is 12.1. The largest absolute Gasteiger partial charge is 0.493 e. The monoisotopic (exact) mass is 271 g/mol. The summed E-state index contributed by atoms with van der Waals surface area (Å²) >= 11 is 5.68. The highest BCUT2D eigenvalue weighted by Gasteiger charge is 2.06. The van der Waals surface area contributed by atoms with Gasteiger partial charge in [0.2, 0.25) is 0 Å². The summed E-state index contributed by atoms with van der Waals surface area (Å²) < 4.78 is 10.5. The van der Waals surface area contributed by atoms with Crippen molar-refractivity contribution in [1.29, 1.82) is 0 Å². The van der Waals surface area contributed by atoms with E-state index >= 15 is 0 Å². The molecule has 1 rings (SSSR count). The van der Waals surface area contributed by atoms with E-state index in [0.717, 1.165) is 36.8 Å². The lowest BCUT2D eigenvalue weighted by Crippen LogP contribution is -2.25. The van der Waals surface area contributed by atoms with Crippen molar-refractivity contribution in [3.05, 3.63) is 23.8 Å². The summed E-state index contributed by atoms with van der Waals surface area (Å²) in [5.74, 6) is 2.25. The average Bonchev–Trinajstić information content (AvgIpc) is 2.42. The Hall–Kier alpha value is -0.930. The fourth-order valence-electron chi connectivity index (χ4n) is 1.77. The first-order valence-electron chi connectivity index (χ1n) is 6.21. The maximum Gasteiger partial charge on any atom is 0.161 e. The van der Waals surface area contributed by atoms with E-state index in [1.54, 1.807) is 14.2 Å². The number of halogens is 1. The van der Waals surface area contributed by atoms with Crippen LogP contribution in [0.1, 0.15) is 25.3 Å². The molecule has 0 radical (unpaired) electrons. The summed E-state index contributed by atoms with van der Waals surface area (Å²) in [6.07, 6.45) is 2.14. The Labute approximate surface area is 114 Å². The average molecular weight is 272 g/mol. The molecule has 1 aromatic carbocycles. The molecule has 0 spiro atoms. The molecule has 0 fully saturated rings. The Bertz CT molecular complexity index is 358. The number of alkyl halides is 1. The Morgan fingerprint density at radius 3 is 2.56 bits per heavy atom. The standard InChI is InChI=1S/C14H22ClNO2/c1-11(5-4-8-15)16-10-12-6-7-13(17-2)14(9-12)18-3/h6-7,9,11,16H,4-5,8,10H2,1-3H3. The molecule has 0 aromatic heterocycles. The van der Waals surface area contributed by atoms with E-state index in [0.29, 0.717) is 6.04 Å². The molecule has 3 nitrogen and oxygen atoms in total. The fourth-order valence-corrected chi connectivity index (χ4v) is 1.92. The molecule has 0 amide bonds. The second-order valence-electron chi connectivity index (χ2n) is 4.30. The molecule has 102 valence electrons. The van der Waals surface area contributed by atoms with E-state index in [4.69, 9.17) is 21.1 Å². The van der Waals surface area contributed by atoms with Crippen LogP contribution in [0.3, 0.4) is 0 Å². The summed E-state index contributed by atoms with van der Waals surface area (Å²) in [6.45, 7) is 3.00. The molecular formula is C14H22ClNO2. The maximum atomic E-state index is 5.68. The Morgan fingerprint density at radius 1 is 1.22 bits per heavy atom. The first-order chi connectivity index (χ1) is 8.71. The van der Waals surface area contributed by atoms with Crippen LogP contribution in [0.25, 0.3) is 0 Å². The van der Waals surface area contributed by atoms with Gasteiger partial charge in [-0.25, -0.2) is 0 Å². The number of benzene rings is 1. The number of rotatable bonds is 8. The molecule has 0 saturated heterocycles. The minimum atomic E-state index is 0.469. The van der Waals surface area contributed by atoms with Crippen LogP contribution in [-0.2, 0) is 6.54 Å². The predicted octanol–water partition coefficient (Wildman–Crippen LogP) is 3.20. The first-order valence-corrected chi connectivity index (χ1v) is 6.75. The fraction of sp³-hybridized carbons (Fsp3) is 0.571. The molecule has 0 heterocycles. The van der Waals surface area contributed by atoms with Gasteiger partial charge in [-0.1, -0.05) is 6.07 Å². The molecule has 0 aliphatic rings. The Kier molecular flexibility index (Phi) is 6.91. The minimum Gasteiger partial charge on any atom is -0.493 e. The smallest absolute Gasteiger partial charge is 0.161 e. The van der Waals surface area contributed by atoms with E-state index in [1.165, 1.54) is 5.56 Å². The SMILES string of the molecule is COc1ccc(CNC(C)CCCCl)cc1OC. The number of hydrogen-bond acceptors (Lipinski definition) is 3. The van der Waals surface area contributed by atoms with Crippen LogP contribution in [-0.4, -0.2) is 26.1 Å². The van der Waals surface area contributed by atoms with Gasteiger partial charge >= 0.3 is 0 Å². The lowest BCUT2D eigenvalue weighted by atomic mass is 10.1. The van der Waals surface area contributed by atoms with Crippen LogP contribution in [0.5, 0.6) is 11.5 Å². The third-order valence-corrected chi connectivity index (χ3v) is 3.14. The molecule has 0 saturated carbocycles. The first kappa shape index (κ1) is 15.1. The number of nitrogens with one attached hydrogen (secondary N) is 1. The van der Waals surface area contributed by atoms with Crippen molar-refractivity contribution < 1.29 is 9.47 Å². The second kappa shape index (κ2) is 8.22. The molecule has 0 bridgehead atoms. The quantitative estimate of drug-likeness (QED) is 0.737. The van der Waals surface area contributed by atoms with Gasteiger partial charge in [-0.15, -0.1) is 11.6 Å². The third-order valence-electron chi connectivity index (χ3n) is 2.87. The van der Waals surface area contributed by atoms with Gasteiger partial charge in [0.25, 0.3) is 0 Å². The van der Waals surface area contributed by atoms with Gasteiger partial charge in [0.15, 0.2) is 11.5 Å². The molecule has 0 aliphatic carbocycles. The van der Waals surface area contributed by atoms with Crippen LogP contribution in [0.4, 0.5) is 0 Å². The number of hydrogen-bond donors (Lipinski definition) is 1. The van der Waals surface area contributed by atoms with Crippen molar-refractivity contribution in [2.45, 2.75) is 32.4 Å². The second-order valence-corrected chi connectivity index (χ2v) is 4.68. The normalized spacial score (nSPS) is 12.2. The number of ether oxygens (including phenoxy) is 2. The van der Waals surface area contributed by atoms with Gasteiger partial charge in [0, 0.05) is 18.5 Å². The summed E-state index contributed by atoms with van der Waals surface area (Å²) in [5, 5.41) is 3.47. The van der Waals surface area contributed by atoms with Crippen molar-refractivity contribution in [2.24, 2.45) is 0 Å². The molecule has 1 unspecified atom stereocenters. The van der Waals surface area contributed by atoms with Crippen LogP contribution in [0, 0.1) is 0 Å². The van der Waals surface area contributed by atoms with E-state index in [1.807, 2.05) is 18.2 Å². The highest BCUT2D eigenvalue weighted by atomic mass is 35.5. The van der Waals surface area contributed by atoms with Crippen LogP contribution in [0.15, 0.2) is 18.2 Å². The molecule has 1 atom stereocenters. The molecule has 4 heteroatoms. The van der Waals surface area contributed by atoms with Crippen molar-refractivity contribution in [1.82, 2.24) is 5.32 Å². The molecule has 18 heavy (non-hydrogen) atoms. The highest BCUT2D eigenvalue weighted by molar-refractivity contribution is 6.17. The van der Waals surface area contributed by atoms with Gasteiger partial charge in [-0.3, -0.25) is 0 Å². The molecule has 0 aliphatic heterocycles. The van der Waals surface area contributed by atoms with Gasteiger partial charge in [-0.05, 0) is 37.5 Å². The highest BCUT2D eigenvalue weighted by Crippen LogP contribution is 2.27. The van der Waals surface area contributed by atoms with Gasteiger partial charge in [0.1, 0.15) is 0 Å². The molecule has 1 N–H and O–H groups in total. The lowest BCUT2D eigenvalue weighted by molar-refractivity contribution is 0.354. The zero-order chi connectivity index (χ0) is 13.4. The van der Waals surface area contributed by atoms with Crippen molar-refractivity contribution >= 4 is 11.6 Å². The van der Waals surface area contributed by atoms with Crippen LogP contribution < -0.4 is 14.8 Å². The van der Waals surface area contributed by atoms with Crippen LogP contribution >= 0.6 is 11.6 Å². The summed E-state index contributed by atoms with van der Waals surface area (Å²) in [4.78, 5) is 0. The van der Waals surface area contributed by atoms with Crippen LogP contribution in [0.2, 0.25) is 0 Å². The third kappa shape index (κ3) is 4.75. The van der Waals surface area contributed by atoms with E-state index in [2.05, 4.69) is 12.2 Å². The predicted molar refractivity (Wildman–Crippen MR) is 75.8 cm³/mol. The van der Waals surface area contributed by atoms with Crippen molar-refractivity contribution in [3.63, 3.8) is 0 Å².